The number of methoxy groups -OCH3 is 1. The molecule has 1 rings (SSSR count). The van der Waals surface area contributed by atoms with Gasteiger partial charge >= 0.3 is 0 Å². The Morgan fingerprint density at radius 2 is 1.94 bits per heavy atom. The van der Waals surface area contributed by atoms with Crippen LogP contribution in [0.2, 0.25) is 0 Å². The zero-order chi connectivity index (χ0) is 14.0. The Morgan fingerprint density at radius 1 is 1.33 bits per heavy atom. The number of benzene rings is 1. The fourth-order valence-electron chi connectivity index (χ4n) is 1.33. The molecule has 0 atom stereocenters. The molecule has 18 heavy (non-hydrogen) atoms. The molecule has 0 saturated heterocycles. The molecule has 6 heteroatoms. The molecule has 0 aliphatic carbocycles. The van der Waals surface area contributed by atoms with Crippen molar-refractivity contribution in [3.63, 3.8) is 0 Å². The molecule has 102 valence electrons. The van der Waals surface area contributed by atoms with E-state index in [2.05, 4.69) is 4.72 Å². The summed E-state index contributed by atoms with van der Waals surface area (Å²) in [6, 6.07) is 5.13. The van der Waals surface area contributed by atoms with Crippen LogP contribution in [0.15, 0.2) is 18.2 Å². The van der Waals surface area contributed by atoms with Gasteiger partial charge in [0.2, 0.25) is 10.0 Å². The van der Waals surface area contributed by atoms with Crippen molar-refractivity contribution < 1.29 is 13.2 Å². The van der Waals surface area contributed by atoms with Crippen LogP contribution < -0.4 is 15.2 Å². The average Bonchev–Trinajstić information content (AvgIpc) is 2.25. The van der Waals surface area contributed by atoms with Crippen molar-refractivity contribution in [2.45, 2.75) is 32.1 Å². The number of hydrogen-bond acceptors (Lipinski definition) is 4. The number of ether oxygens (including phenoxy) is 1. The molecule has 0 aromatic heterocycles. The zero-order valence-electron chi connectivity index (χ0n) is 11.1. The van der Waals surface area contributed by atoms with Crippen LogP contribution in [0, 0.1) is 0 Å². The highest BCUT2D eigenvalue weighted by Gasteiger charge is 2.28. The first-order valence-corrected chi connectivity index (χ1v) is 7.07. The van der Waals surface area contributed by atoms with E-state index in [1.54, 1.807) is 39.0 Å². The van der Waals surface area contributed by atoms with E-state index in [1.165, 1.54) is 7.11 Å². The topological polar surface area (TPSA) is 81.4 Å². The van der Waals surface area contributed by atoms with Gasteiger partial charge in [0.15, 0.2) is 0 Å². The summed E-state index contributed by atoms with van der Waals surface area (Å²) in [7, 11) is -1.85. The minimum atomic E-state index is -3.38. The van der Waals surface area contributed by atoms with Gasteiger partial charge in [-0.25, -0.2) is 13.1 Å². The Morgan fingerprint density at radius 3 is 2.44 bits per heavy atom. The monoisotopic (exact) mass is 272 g/mol. The summed E-state index contributed by atoms with van der Waals surface area (Å²) in [6.45, 7) is 5.09. The predicted octanol–water partition coefficient (Wildman–Crippen LogP) is 1.50. The number of rotatable bonds is 4. The van der Waals surface area contributed by atoms with Gasteiger partial charge in [-0.3, -0.25) is 0 Å². The Hall–Kier alpha value is -1.27. The van der Waals surface area contributed by atoms with E-state index >= 15 is 0 Å². The fraction of sp³-hybridized carbons (Fsp3) is 0.500. The standard InChI is InChI=1S/C12H20N2O3S/c1-12(2,3)18(15,16)14-8-9-7-10(13)5-6-11(9)17-4/h5-7,14H,8,13H2,1-4H3. The van der Waals surface area contributed by atoms with Crippen LogP contribution in [0.25, 0.3) is 0 Å². The Kier molecular flexibility index (Phi) is 4.24. The van der Waals surface area contributed by atoms with Gasteiger partial charge in [-0.15, -0.1) is 0 Å². The second kappa shape index (κ2) is 5.16. The maximum absolute atomic E-state index is 11.9. The van der Waals surface area contributed by atoms with Gasteiger partial charge < -0.3 is 10.5 Å². The van der Waals surface area contributed by atoms with E-state index in [9.17, 15) is 8.42 Å². The van der Waals surface area contributed by atoms with Crippen LogP contribution in [0.5, 0.6) is 5.75 Å². The largest absolute Gasteiger partial charge is 0.496 e. The predicted molar refractivity (Wildman–Crippen MR) is 72.9 cm³/mol. The van der Waals surface area contributed by atoms with E-state index in [-0.39, 0.29) is 6.54 Å². The van der Waals surface area contributed by atoms with Gasteiger partial charge in [0.25, 0.3) is 0 Å². The number of nitrogens with one attached hydrogen (secondary N) is 1. The van der Waals surface area contributed by atoms with E-state index < -0.39 is 14.8 Å². The first-order valence-electron chi connectivity index (χ1n) is 5.59. The van der Waals surface area contributed by atoms with Crippen LogP contribution in [0.1, 0.15) is 26.3 Å². The number of nitrogen functional groups attached to an aromatic ring is 1. The molecular weight excluding hydrogens is 252 g/mol. The molecule has 0 amide bonds. The van der Waals surface area contributed by atoms with Gasteiger partial charge in [0.05, 0.1) is 11.9 Å². The summed E-state index contributed by atoms with van der Waals surface area (Å²) in [4.78, 5) is 0. The maximum atomic E-state index is 11.9. The molecule has 0 heterocycles. The van der Waals surface area contributed by atoms with Crippen molar-refractivity contribution in [2.75, 3.05) is 12.8 Å². The summed E-state index contributed by atoms with van der Waals surface area (Å²) < 4.78 is 30.7. The summed E-state index contributed by atoms with van der Waals surface area (Å²) in [5, 5.41) is 0. The van der Waals surface area contributed by atoms with Crippen molar-refractivity contribution in [1.29, 1.82) is 0 Å². The van der Waals surface area contributed by atoms with Crippen LogP contribution >= 0.6 is 0 Å². The SMILES string of the molecule is COc1ccc(N)cc1CNS(=O)(=O)C(C)(C)C. The molecule has 0 spiro atoms. The van der Waals surface area contributed by atoms with Crippen molar-refractivity contribution in [3.8, 4) is 5.75 Å². The first kappa shape index (κ1) is 14.8. The third kappa shape index (κ3) is 3.36. The molecule has 0 unspecified atom stereocenters. The zero-order valence-corrected chi connectivity index (χ0v) is 12.0. The molecule has 0 bridgehead atoms. The molecule has 0 aliphatic heterocycles. The number of nitrogens with two attached hydrogens (primary N) is 1. The molecule has 0 aliphatic rings. The summed E-state index contributed by atoms with van der Waals surface area (Å²) in [5.74, 6) is 0.612. The van der Waals surface area contributed by atoms with Crippen LogP contribution in [0.3, 0.4) is 0 Å². The molecular formula is C12H20N2O3S. The second-order valence-corrected chi connectivity index (χ2v) is 7.53. The minimum Gasteiger partial charge on any atom is -0.496 e. The van der Waals surface area contributed by atoms with Crippen LogP contribution in [0.4, 0.5) is 5.69 Å². The lowest BCUT2D eigenvalue weighted by molar-refractivity contribution is 0.409. The lowest BCUT2D eigenvalue weighted by Crippen LogP contribution is -2.39. The molecule has 1 aromatic carbocycles. The number of sulfonamides is 1. The normalized spacial score (nSPS) is 12.4. The average molecular weight is 272 g/mol. The second-order valence-electron chi connectivity index (χ2n) is 5.01. The van der Waals surface area contributed by atoms with Crippen LogP contribution in [-0.4, -0.2) is 20.3 Å². The highest BCUT2D eigenvalue weighted by atomic mass is 32.2. The molecule has 0 fully saturated rings. The van der Waals surface area contributed by atoms with Crippen LogP contribution in [-0.2, 0) is 16.6 Å². The first-order chi connectivity index (χ1) is 8.17. The molecule has 1 aromatic rings. The van der Waals surface area contributed by atoms with Gasteiger partial charge in [0.1, 0.15) is 5.75 Å². The summed E-state index contributed by atoms with van der Waals surface area (Å²) >= 11 is 0. The van der Waals surface area contributed by atoms with Crippen molar-refractivity contribution >= 4 is 15.7 Å². The molecule has 0 radical (unpaired) electrons. The summed E-state index contributed by atoms with van der Waals surface area (Å²) in [5.41, 5.74) is 6.96. The Bertz CT molecular complexity index is 519. The third-order valence-electron chi connectivity index (χ3n) is 2.56. The van der Waals surface area contributed by atoms with Gasteiger partial charge in [-0.05, 0) is 39.0 Å². The minimum absolute atomic E-state index is 0.161. The van der Waals surface area contributed by atoms with Gasteiger partial charge in [-0.2, -0.15) is 0 Å². The van der Waals surface area contributed by atoms with E-state index in [0.29, 0.717) is 17.0 Å². The van der Waals surface area contributed by atoms with E-state index in [4.69, 9.17) is 10.5 Å². The third-order valence-corrected chi connectivity index (χ3v) is 4.70. The lowest BCUT2D eigenvalue weighted by atomic mass is 10.2. The molecule has 3 N–H and O–H groups in total. The molecule has 5 nitrogen and oxygen atoms in total. The lowest BCUT2D eigenvalue weighted by Gasteiger charge is -2.20. The van der Waals surface area contributed by atoms with E-state index in [0.717, 1.165) is 0 Å². The number of hydrogen-bond donors (Lipinski definition) is 2. The molecule has 0 saturated carbocycles. The number of anilines is 1. The quantitative estimate of drug-likeness (QED) is 0.814. The van der Waals surface area contributed by atoms with Crippen molar-refractivity contribution in [1.82, 2.24) is 4.72 Å². The summed E-state index contributed by atoms with van der Waals surface area (Å²) in [6.07, 6.45) is 0. The fourth-order valence-corrected chi connectivity index (χ4v) is 2.10. The highest BCUT2D eigenvalue weighted by molar-refractivity contribution is 7.90. The van der Waals surface area contributed by atoms with Gasteiger partial charge in [0, 0.05) is 17.8 Å². The smallest absolute Gasteiger partial charge is 0.216 e. The van der Waals surface area contributed by atoms with Crippen molar-refractivity contribution in [2.24, 2.45) is 0 Å². The Balaban J connectivity index is 2.91. The van der Waals surface area contributed by atoms with Gasteiger partial charge in [-0.1, -0.05) is 0 Å². The van der Waals surface area contributed by atoms with E-state index in [1.807, 2.05) is 0 Å². The highest BCUT2D eigenvalue weighted by Crippen LogP contribution is 2.22. The Labute approximate surface area is 108 Å². The maximum Gasteiger partial charge on any atom is 0.216 e. The van der Waals surface area contributed by atoms with Crippen molar-refractivity contribution in [3.05, 3.63) is 23.8 Å².